The number of nitrogens with zero attached hydrogens (tertiary/aromatic N) is 1. The predicted octanol–water partition coefficient (Wildman–Crippen LogP) is 3.25. The van der Waals surface area contributed by atoms with Crippen molar-refractivity contribution < 1.29 is 9.13 Å². The van der Waals surface area contributed by atoms with Gasteiger partial charge in [0, 0.05) is 12.1 Å². The van der Waals surface area contributed by atoms with Crippen molar-refractivity contribution >= 4 is 24.8 Å². The fraction of sp³-hybridized carbons (Fsp3) is 0.600. The zero-order chi connectivity index (χ0) is 13.7. The van der Waals surface area contributed by atoms with E-state index in [0.29, 0.717) is 6.61 Å². The van der Waals surface area contributed by atoms with E-state index < -0.39 is 0 Å². The lowest BCUT2D eigenvalue weighted by atomic mass is 9.91. The molecule has 0 bridgehead atoms. The fourth-order valence-corrected chi connectivity index (χ4v) is 2.30. The minimum absolute atomic E-state index is 0. The Bertz CT molecular complexity index is 391. The summed E-state index contributed by atoms with van der Waals surface area (Å²) in [6.07, 6.45) is 3.11. The van der Waals surface area contributed by atoms with Gasteiger partial charge in [0.15, 0.2) is 0 Å². The van der Waals surface area contributed by atoms with Crippen molar-refractivity contribution in [3.05, 3.63) is 30.1 Å². The molecule has 1 aromatic carbocycles. The van der Waals surface area contributed by atoms with E-state index in [4.69, 9.17) is 10.5 Å². The van der Waals surface area contributed by atoms with Crippen LogP contribution in [0.3, 0.4) is 0 Å². The average Bonchev–Trinajstić information content (AvgIpc) is 2.38. The molecule has 0 spiro atoms. The first-order valence-corrected chi connectivity index (χ1v) is 6.95. The van der Waals surface area contributed by atoms with E-state index in [1.165, 1.54) is 12.1 Å². The molecule has 0 radical (unpaired) electrons. The van der Waals surface area contributed by atoms with E-state index in [9.17, 15) is 4.39 Å². The lowest BCUT2D eigenvalue weighted by molar-refractivity contribution is 0.160. The zero-order valence-electron chi connectivity index (χ0n) is 12.4. The van der Waals surface area contributed by atoms with Crippen molar-refractivity contribution in [2.24, 2.45) is 5.73 Å². The lowest BCUT2D eigenvalue weighted by Gasteiger charge is -2.36. The van der Waals surface area contributed by atoms with Gasteiger partial charge in [-0.3, -0.25) is 0 Å². The lowest BCUT2D eigenvalue weighted by Crippen LogP contribution is -2.48. The van der Waals surface area contributed by atoms with E-state index in [1.807, 2.05) is 0 Å². The van der Waals surface area contributed by atoms with Gasteiger partial charge in [0.05, 0.1) is 6.61 Å². The van der Waals surface area contributed by atoms with Crippen LogP contribution in [0.15, 0.2) is 24.3 Å². The molecule has 2 rings (SSSR count). The second-order valence-corrected chi connectivity index (χ2v) is 5.65. The van der Waals surface area contributed by atoms with Gasteiger partial charge in [-0.25, -0.2) is 4.39 Å². The first kappa shape index (κ1) is 20.5. The summed E-state index contributed by atoms with van der Waals surface area (Å²) in [5, 5.41) is 0. The van der Waals surface area contributed by atoms with Gasteiger partial charge in [-0.1, -0.05) is 0 Å². The summed E-state index contributed by atoms with van der Waals surface area (Å²) in [6, 6.07) is 6.16. The second-order valence-electron chi connectivity index (χ2n) is 5.65. The van der Waals surface area contributed by atoms with Crippen LogP contribution in [0.1, 0.15) is 26.2 Å². The van der Waals surface area contributed by atoms with Crippen molar-refractivity contribution in [1.29, 1.82) is 0 Å². The number of benzene rings is 1. The van der Waals surface area contributed by atoms with Crippen molar-refractivity contribution in [3.63, 3.8) is 0 Å². The van der Waals surface area contributed by atoms with Crippen LogP contribution in [0.4, 0.5) is 4.39 Å². The van der Waals surface area contributed by atoms with Crippen LogP contribution in [-0.4, -0.2) is 36.7 Å². The molecule has 0 unspecified atom stereocenters. The third kappa shape index (κ3) is 7.32. The highest BCUT2D eigenvalue weighted by Crippen LogP contribution is 2.18. The van der Waals surface area contributed by atoms with Gasteiger partial charge in [-0.2, -0.15) is 0 Å². The van der Waals surface area contributed by atoms with Crippen molar-refractivity contribution in [2.75, 3.05) is 26.2 Å². The first-order valence-electron chi connectivity index (χ1n) is 6.95. The maximum absolute atomic E-state index is 12.7. The largest absolute Gasteiger partial charge is 0.494 e. The van der Waals surface area contributed by atoms with Gasteiger partial charge in [0.1, 0.15) is 11.6 Å². The van der Waals surface area contributed by atoms with E-state index in [2.05, 4.69) is 11.8 Å². The summed E-state index contributed by atoms with van der Waals surface area (Å²) in [7, 11) is 0. The number of halogens is 3. The summed E-state index contributed by atoms with van der Waals surface area (Å²) in [5.74, 6) is 0.500. The molecule has 1 saturated heterocycles. The minimum atomic E-state index is -0.231. The molecule has 1 aliphatic rings. The van der Waals surface area contributed by atoms with Gasteiger partial charge >= 0.3 is 0 Å². The van der Waals surface area contributed by atoms with Crippen LogP contribution < -0.4 is 10.5 Å². The monoisotopic (exact) mass is 338 g/mol. The summed E-state index contributed by atoms with van der Waals surface area (Å²) in [6.45, 7) is 5.98. The number of piperidine rings is 1. The molecular weight excluding hydrogens is 314 g/mol. The Morgan fingerprint density at radius 1 is 1.19 bits per heavy atom. The molecule has 0 atom stereocenters. The standard InChI is InChI=1S/C15H23FN2O.2ClH/c1-15(17)7-10-18(11-8-15)9-2-12-19-14-5-3-13(16)4-6-14;;/h3-6H,2,7-12,17H2,1H3;2*1H. The third-order valence-electron chi connectivity index (χ3n) is 3.70. The number of hydrogen-bond donors (Lipinski definition) is 1. The van der Waals surface area contributed by atoms with Crippen LogP contribution in [0.25, 0.3) is 0 Å². The Morgan fingerprint density at radius 2 is 1.76 bits per heavy atom. The molecule has 1 aliphatic heterocycles. The number of nitrogens with two attached hydrogens (primary N) is 1. The molecule has 122 valence electrons. The SMILES string of the molecule is CC1(N)CCN(CCCOc2ccc(F)cc2)CC1.Cl.Cl. The number of rotatable bonds is 5. The normalized spacial score (nSPS) is 17.5. The molecule has 2 N–H and O–H groups in total. The summed E-state index contributed by atoms with van der Waals surface area (Å²) in [4.78, 5) is 2.43. The van der Waals surface area contributed by atoms with Crippen molar-refractivity contribution in [1.82, 2.24) is 4.90 Å². The molecule has 1 fully saturated rings. The van der Waals surface area contributed by atoms with E-state index in [0.717, 1.165) is 44.6 Å². The van der Waals surface area contributed by atoms with E-state index in [-0.39, 0.29) is 36.2 Å². The number of ether oxygens (including phenoxy) is 1. The van der Waals surface area contributed by atoms with Crippen LogP contribution in [-0.2, 0) is 0 Å². The number of hydrogen-bond acceptors (Lipinski definition) is 3. The molecule has 3 nitrogen and oxygen atoms in total. The Hall–Kier alpha value is -0.550. The average molecular weight is 339 g/mol. The molecule has 1 heterocycles. The van der Waals surface area contributed by atoms with Gasteiger partial charge in [-0.15, -0.1) is 24.8 Å². The highest BCUT2D eigenvalue weighted by molar-refractivity contribution is 5.85. The van der Waals surface area contributed by atoms with E-state index >= 15 is 0 Å². The van der Waals surface area contributed by atoms with Gasteiger partial charge in [0.2, 0.25) is 0 Å². The van der Waals surface area contributed by atoms with Crippen LogP contribution in [0.2, 0.25) is 0 Å². The predicted molar refractivity (Wildman–Crippen MR) is 89.3 cm³/mol. The molecule has 0 aliphatic carbocycles. The maximum atomic E-state index is 12.7. The van der Waals surface area contributed by atoms with Crippen molar-refractivity contribution in [2.45, 2.75) is 31.7 Å². The maximum Gasteiger partial charge on any atom is 0.123 e. The number of likely N-dealkylation sites (tertiary alicyclic amines) is 1. The highest BCUT2D eigenvalue weighted by atomic mass is 35.5. The summed E-state index contributed by atoms with van der Waals surface area (Å²) in [5.41, 5.74) is 6.12. The van der Waals surface area contributed by atoms with Crippen LogP contribution in [0.5, 0.6) is 5.75 Å². The Morgan fingerprint density at radius 3 is 2.33 bits per heavy atom. The quantitative estimate of drug-likeness (QED) is 0.837. The Labute approximate surface area is 138 Å². The summed E-state index contributed by atoms with van der Waals surface area (Å²) >= 11 is 0. The van der Waals surface area contributed by atoms with Crippen molar-refractivity contribution in [3.8, 4) is 5.75 Å². The Balaban J connectivity index is 0.00000200. The fourth-order valence-electron chi connectivity index (χ4n) is 2.30. The van der Waals surface area contributed by atoms with Gasteiger partial charge in [0.25, 0.3) is 0 Å². The minimum Gasteiger partial charge on any atom is -0.494 e. The molecular formula is C15H25Cl2FN2O. The molecule has 1 aromatic rings. The molecule has 0 amide bonds. The van der Waals surface area contributed by atoms with Gasteiger partial charge < -0.3 is 15.4 Å². The topological polar surface area (TPSA) is 38.5 Å². The highest BCUT2D eigenvalue weighted by Gasteiger charge is 2.25. The zero-order valence-corrected chi connectivity index (χ0v) is 14.0. The van der Waals surface area contributed by atoms with Gasteiger partial charge in [-0.05, 0) is 63.5 Å². The Kier molecular flexibility index (Phi) is 9.22. The molecule has 21 heavy (non-hydrogen) atoms. The van der Waals surface area contributed by atoms with E-state index in [1.54, 1.807) is 12.1 Å². The first-order chi connectivity index (χ1) is 9.05. The second kappa shape index (κ2) is 9.46. The molecule has 0 saturated carbocycles. The third-order valence-corrected chi connectivity index (χ3v) is 3.70. The summed E-state index contributed by atoms with van der Waals surface area (Å²) < 4.78 is 18.3. The van der Waals surface area contributed by atoms with Crippen LogP contribution in [0, 0.1) is 5.82 Å². The smallest absolute Gasteiger partial charge is 0.123 e. The molecule has 6 heteroatoms. The van der Waals surface area contributed by atoms with Crippen LogP contribution >= 0.6 is 24.8 Å². The molecule has 0 aromatic heterocycles.